The Morgan fingerprint density at radius 3 is 1.29 bits per heavy atom. The van der Waals surface area contributed by atoms with E-state index in [9.17, 15) is 36.7 Å². The second-order valence-electron chi connectivity index (χ2n) is 22.9. The average Bonchev–Trinajstić information content (AvgIpc) is 3.99. The highest BCUT2D eigenvalue weighted by Gasteiger charge is 2.39. The predicted octanol–water partition coefficient (Wildman–Crippen LogP) is 8.57. The molecule has 2 amide bonds. The summed E-state index contributed by atoms with van der Waals surface area (Å²) in [7, 11) is 3.18. The van der Waals surface area contributed by atoms with Gasteiger partial charge in [-0.1, -0.05) is 24.3 Å². The van der Waals surface area contributed by atoms with E-state index in [1.165, 1.54) is 12.1 Å². The molecule has 10 rings (SSSR count). The Kier molecular flexibility index (Phi) is 17.3. The molecule has 2 saturated heterocycles. The lowest BCUT2D eigenvalue weighted by molar-refractivity contribution is -0.133. The Morgan fingerprint density at radius 2 is 0.925 bits per heavy atom. The first-order valence-corrected chi connectivity index (χ1v) is 27.7. The van der Waals surface area contributed by atoms with Crippen LogP contribution in [0.25, 0.3) is 0 Å². The van der Waals surface area contributed by atoms with Gasteiger partial charge in [-0.05, 0) is 140 Å². The van der Waals surface area contributed by atoms with Crippen LogP contribution in [0.5, 0.6) is 0 Å². The zero-order valence-corrected chi connectivity index (χ0v) is 46.8. The lowest BCUT2D eigenvalue weighted by Gasteiger charge is -2.32. The highest BCUT2D eigenvalue weighted by atomic mass is 19.2. The Bertz CT molecular complexity index is 3100. The van der Waals surface area contributed by atoms with Crippen LogP contribution in [0.1, 0.15) is 184 Å². The molecule has 0 spiro atoms. The van der Waals surface area contributed by atoms with Gasteiger partial charge in [-0.25, -0.2) is 27.8 Å². The number of ether oxygens (including phenoxy) is 2. The van der Waals surface area contributed by atoms with Crippen LogP contribution in [0.4, 0.5) is 17.6 Å². The molecular formula is C58H72F4N12O6. The second kappa shape index (κ2) is 24.0. The van der Waals surface area contributed by atoms with Gasteiger partial charge in [0, 0.05) is 101 Å². The summed E-state index contributed by atoms with van der Waals surface area (Å²) in [5.74, 6) is -1.80. The number of likely N-dealkylation sites (tertiary alicyclic amines) is 2. The van der Waals surface area contributed by atoms with E-state index in [0.717, 1.165) is 34.6 Å². The molecule has 22 heteroatoms. The van der Waals surface area contributed by atoms with Crippen molar-refractivity contribution >= 4 is 11.8 Å². The highest BCUT2D eigenvalue weighted by Crippen LogP contribution is 2.42. The van der Waals surface area contributed by atoms with Gasteiger partial charge in [0.1, 0.15) is 22.9 Å². The first kappa shape index (κ1) is 57.7. The van der Waals surface area contributed by atoms with Crippen LogP contribution in [0.3, 0.4) is 0 Å². The number of rotatable bonds is 12. The number of aromatic nitrogens is 10. The lowest BCUT2D eigenvalue weighted by atomic mass is 9.88. The van der Waals surface area contributed by atoms with E-state index in [-0.39, 0.29) is 71.3 Å². The third kappa shape index (κ3) is 12.2. The van der Waals surface area contributed by atoms with Gasteiger partial charge in [0.05, 0.1) is 11.4 Å². The Labute approximate surface area is 462 Å². The number of nitrogens with zero attached hydrogens (tertiary/aromatic N) is 10. The molecule has 0 bridgehead atoms. The minimum Gasteiger partial charge on any atom is -0.371 e. The first-order valence-electron chi connectivity index (χ1n) is 27.7. The summed E-state index contributed by atoms with van der Waals surface area (Å²) in [6.45, 7) is 14.2. The molecule has 2 fully saturated rings. The quantitative estimate of drug-likeness (QED) is 0.110. The number of benzene rings is 2. The summed E-state index contributed by atoms with van der Waals surface area (Å²) in [6, 6.07) is 12.2. The van der Waals surface area contributed by atoms with E-state index in [2.05, 4.69) is 40.8 Å². The monoisotopic (exact) mass is 1110 g/mol. The number of piperidine rings is 2. The van der Waals surface area contributed by atoms with Crippen molar-refractivity contribution in [3.05, 3.63) is 149 Å². The zero-order chi connectivity index (χ0) is 57.2. The summed E-state index contributed by atoms with van der Waals surface area (Å²) in [5.41, 5.74) is 1.73. The molecule has 2 aromatic carbocycles. The van der Waals surface area contributed by atoms with Crippen molar-refractivity contribution in [3.8, 4) is 0 Å². The van der Waals surface area contributed by atoms with Gasteiger partial charge < -0.3 is 28.4 Å². The molecule has 4 atom stereocenters. The third-order valence-electron chi connectivity index (χ3n) is 17.1. The maximum Gasteiger partial charge on any atom is 0.267 e. The number of aryl methyl sites for hydroxylation is 2. The smallest absolute Gasteiger partial charge is 0.267 e. The maximum atomic E-state index is 14.8. The molecule has 6 aromatic rings. The number of carbonyl (C=O) groups excluding carboxylic acids is 2. The summed E-state index contributed by atoms with van der Waals surface area (Å²) >= 11 is 0. The standard InChI is InChI=1S/2C29H36F2N6O3/c2*1-17-14-22(27(39)34-32-17)18-10-12-36(13-11-18)24(38)15-19-8-9-20(21-6-5-7-23(30)25(21)31)16-37-26(19)33-35-28(37)29(2,3)40-4/h2*5-7,14,18-20H,8-13,15-16H2,1-4H3,(H,34,39)/t2*19-,20+/m10/s1. The normalized spacial score (nSPS) is 20.3. The summed E-state index contributed by atoms with van der Waals surface area (Å²) in [4.78, 5) is 55.3. The van der Waals surface area contributed by atoms with Crippen molar-refractivity contribution < 1.29 is 36.6 Å². The highest BCUT2D eigenvalue weighted by molar-refractivity contribution is 5.77. The van der Waals surface area contributed by atoms with Crippen molar-refractivity contribution in [1.82, 2.24) is 59.7 Å². The molecule has 0 aliphatic carbocycles. The summed E-state index contributed by atoms with van der Waals surface area (Å²) < 4.78 is 73.2. The van der Waals surface area contributed by atoms with Gasteiger partial charge in [-0.2, -0.15) is 10.2 Å². The van der Waals surface area contributed by atoms with E-state index in [1.807, 2.05) is 72.6 Å². The largest absolute Gasteiger partial charge is 0.371 e. The number of fused-ring (bicyclic) bond motifs is 2. The van der Waals surface area contributed by atoms with E-state index in [1.54, 1.807) is 26.4 Å². The number of amides is 2. The molecule has 8 heterocycles. The molecule has 428 valence electrons. The van der Waals surface area contributed by atoms with E-state index >= 15 is 0 Å². The SMILES string of the molecule is COC(C)(C)c1nnc2n1C[C@@H](c1cccc(F)c1F)CC[C@@H]2CC(=O)N1CCC(c2cc(C)n[nH]c2=O)CC1.COC(C)(C)c1nnc2n1C[C@H](c1cccc(F)c1F)CC[C@H]2CC(=O)N1CCC(c2cc(C)n[nH]c2=O)CC1. The average molecular weight is 1110 g/mol. The molecule has 2 N–H and O–H groups in total. The van der Waals surface area contributed by atoms with Crippen LogP contribution in [0, 0.1) is 37.1 Å². The van der Waals surface area contributed by atoms with E-state index < -0.39 is 34.5 Å². The molecule has 4 aliphatic rings. The van der Waals surface area contributed by atoms with Gasteiger partial charge in [-0.15, -0.1) is 20.4 Å². The molecule has 0 radical (unpaired) electrons. The summed E-state index contributed by atoms with van der Waals surface area (Å²) in [5, 5.41) is 30.9. The zero-order valence-electron chi connectivity index (χ0n) is 46.8. The Balaban J connectivity index is 0.000000194. The number of carbonyl (C=O) groups is 2. The second-order valence-corrected chi connectivity index (χ2v) is 22.9. The first-order chi connectivity index (χ1) is 38.2. The fourth-order valence-corrected chi connectivity index (χ4v) is 12.1. The fraction of sp³-hybridized carbons (Fsp3) is 0.552. The van der Waals surface area contributed by atoms with Gasteiger partial charge in [0.2, 0.25) is 11.8 Å². The molecule has 18 nitrogen and oxygen atoms in total. The number of methoxy groups -OCH3 is 2. The van der Waals surface area contributed by atoms with Crippen molar-refractivity contribution in [1.29, 1.82) is 0 Å². The number of halogens is 4. The van der Waals surface area contributed by atoms with Crippen molar-refractivity contribution in [2.45, 2.75) is 166 Å². The van der Waals surface area contributed by atoms with E-state index in [0.29, 0.717) is 125 Å². The maximum absolute atomic E-state index is 14.8. The van der Waals surface area contributed by atoms with Crippen LogP contribution in [-0.4, -0.2) is 112 Å². The molecule has 4 aromatic heterocycles. The molecular weight excluding hydrogens is 1040 g/mol. The number of H-pyrrole nitrogens is 2. The topological polar surface area (TPSA) is 212 Å². The Morgan fingerprint density at radius 1 is 0.550 bits per heavy atom. The van der Waals surface area contributed by atoms with Crippen LogP contribution in [-0.2, 0) is 43.4 Å². The van der Waals surface area contributed by atoms with Gasteiger partial charge >= 0.3 is 0 Å². The third-order valence-corrected chi connectivity index (χ3v) is 17.1. The molecule has 4 aliphatic heterocycles. The molecule has 80 heavy (non-hydrogen) atoms. The van der Waals surface area contributed by atoms with Crippen molar-refractivity contribution in [2.24, 2.45) is 0 Å². The minimum atomic E-state index is -0.873. The molecule has 0 saturated carbocycles. The molecule has 0 unspecified atom stereocenters. The van der Waals surface area contributed by atoms with Gasteiger partial charge in [0.25, 0.3) is 11.1 Å². The summed E-state index contributed by atoms with van der Waals surface area (Å²) in [6.07, 6.45) is 5.59. The number of hydrogen-bond acceptors (Lipinski definition) is 12. The van der Waals surface area contributed by atoms with Crippen molar-refractivity contribution in [3.63, 3.8) is 0 Å². The lowest BCUT2D eigenvalue weighted by Crippen LogP contribution is -2.39. The Hall–Kier alpha value is -6.94. The minimum absolute atomic E-state index is 0.0146. The fourth-order valence-electron chi connectivity index (χ4n) is 12.1. The number of nitrogens with one attached hydrogen (secondary N) is 2. The number of aromatic amines is 2. The van der Waals surface area contributed by atoms with E-state index in [4.69, 9.17) is 9.47 Å². The van der Waals surface area contributed by atoms with Gasteiger partial charge in [0.15, 0.2) is 34.9 Å². The van der Waals surface area contributed by atoms with Gasteiger partial charge in [-0.3, -0.25) is 19.2 Å². The van der Waals surface area contributed by atoms with Crippen molar-refractivity contribution in [2.75, 3.05) is 40.4 Å². The number of hydrogen-bond donors (Lipinski definition) is 2. The van der Waals surface area contributed by atoms with Crippen LogP contribution in [0.2, 0.25) is 0 Å². The predicted molar refractivity (Wildman–Crippen MR) is 288 cm³/mol. The van der Waals surface area contributed by atoms with Crippen LogP contribution < -0.4 is 11.1 Å². The van der Waals surface area contributed by atoms with Crippen LogP contribution in [0.15, 0.2) is 58.1 Å². The van der Waals surface area contributed by atoms with Crippen LogP contribution >= 0.6 is 0 Å².